The summed E-state index contributed by atoms with van der Waals surface area (Å²) in [6.07, 6.45) is 1.58. The SMILES string of the molecule is COc1ccc([C@@H]2C3=C(CCCC3=O)OC(N)=C2[N+](=O)[O-])cc1. The molecule has 2 aliphatic rings. The van der Waals surface area contributed by atoms with Crippen LogP contribution in [0.25, 0.3) is 0 Å². The van der Waals surface area contributed by atoms with Gasteiger partial charge in [0.2, 0.25) is 0 Å². The van der Waals surface area contributed by atoms with Crippen LogP contribution in [0.15, 0.2) is 47.2 Å². The summed E-state index contributed by atoms with van der Waals surface area (Å²) in [5.41, 5.74) is 6.44. The maximum Gasteiger partial charge on any atom is 0.317 e. The molecule has 0 bridgehead atoms. The summed E-state index contributed by atoms with van der Waals surface area (Å²) in [6, 6.07) is 6.81. The third-order valence-corrected chi connectivity index (χ3v) is 4.10. The molecule has 3 rings (SSSR count). The summed E-state index contributed by atoms with van der Waals surface area (Å²) in [4.78, 5) is 23.3. The molecular formula is C16H16N2O5. The smallest absolute Gasteiger partial charge is 0.317 e. The van der Waals surface area contributed by atoms with Gasteiger partial charge in [-0.3, -0.25) is 14.9 Å². The zero-order chi connectivity index (χ0) is 16.6. The standard InChI is InChI=1S/C16H16N2O5/c1-22-10-7-5-9(6-8-10)13-14-11(19)3-2-4-12(14)23-16(17)15(13)18(20)21/h5-8,13H,2-4,17H2,1H3/t13-/m1/s1. The molecule has 1 atom stereocenters. The van der Waals surface area contributed by atoms with Crippen LogP contribution in [0.1, 0.15) is 30.7 Å². The van der Waals surface area contributed by atoms with E-state index in [-0.39, 0.29) is 17.4 Å². The number of Topliss-reactive ketones (excluding diaryl/α,β-unsaturated/α-hetero) is 1. The fourth-order valence-corrected chi connectivity index (χ4v) is 3.04. The third-order valence-electron chi connectivity index (χ3n) is 4.10. The maximum atomic E-state index is 12.4. The molecule has 0 saturated carbocycles. The molecule has 0 fully saturated rings. The van der Waals surface area contributed by atoms with Crippen molar-refractivity contribution in [2.45, 2.75) is 25.2 Å². The van der Waals surface area contributed by atoms with Gasteiger partial charge in [0.05, 0.1) is 17.6 Å². The lowest BCUT2D eigenvalue weighted by atomic mass is 9.80. The molecule has 0 unspecified atom stereocenters. The highest BCUT2D eigenvalue weighted by Gasteiger charge is 2.44. The van der Waals surface area contributed by atoms with Crippen molar-refractivity contribution >= 4 is 5.78 Å². The number of allylic oxidation sites excluding steroid dienone is 2. The largest absolute Gasteiger partial charge is 0.497 e. The van der Waals surface area contributed by atoms with Gasteiger partial charge >= 0.3 is 5.70 Å². The predicted octanol–water partition coefficient (Wildman–Crippen LogP) is 2.22. The van der Waals surface area contributed by atoms with E-state index in [0.717, 1.165) is 0 Å². The number of benzene rings is 1. The molecule has 1 heterocycles. The Morgan fingerprint density at radius 2 is 2.00 bits per heavy atom. The summed E-state index contributed by atoms with van der Waals surface area (Å²) in [6.45, 7) is 0. The number of ketones is 1. The number of hydrogen-bond donors (Lipinski definition) is 1. The van der Waals surface area contributed by atoms with Gasteiger partial charge in [0.1, 0.15) is 17.4 Å². The number of carbonyl (C=O) groups excluding carboxylic acids is 1. The minimum atomic E-state index is -0.813. The van der Waals surface area contributed by atoms with Crippen molar-refractivity contribution in [2.24, 2.45) is 5.73 Å². The van der Waals surface area contributed by atoms with Crippen LogP contribution >= 0.6 is 0 Å². The quantitative estimate of drug-likeness (QED) is 0.677. The van der Waals surface area contributed by atoms with E-state index in [2.05, 4.69) is 0 Å². The van der Waals surface area contributed by atoms with Gasteiger partial charge in [-0.25, -0.2) is 0 Å². The van der Waals surface area contributed by atoms with Gasteiger partial charge in [0.25, 0.3) is 5.88 Å². The van der Waals surface area contributed by atoms with E-state index in [1.54, 1.807) is 24.3 Å². The molecule has 0 saturated heterocycles. The Morgan fingerprint density at radius 3 is 2.61 bits per heavy atom. The Hall–Kier alpha value is -2.83. The molecule has 120 valence electrons. The number of nitrogens with zero attached hydrogens (tertiary/aromatic N) is 1. The molecule has 0 spiro atoms. The van der Waals surface area contributed by atoms with E-state index in [0.29, 0.717) is 41.9 Å². The summed E-state index contributed by atoms with van der Waals surface area (Å²) in [5.74, 6) is -0.106. The Bertz CT molecular complexity index is 733. The predicted molar refractivity (Wildman–Crippen MR) is 80.9 cm³/mol. The lowest BCUT2D eigenvalue weighted by Gasteiger charge is -2.29. The molecule has 23 heavy (non-hydrogen) atoms. The molecule has 0 radical (unpaired) electrons. The average molecular weight is 316 g/mol. The van der Waals surface area contributed by atoms with Gasteiger partial charge in [-0.15, -0.1) is 0 Å². The molecule has 7 heteroatoms. The van der Waals surface area contributed by atoms with Crippen LogP contribution < -0.4 is 10.5 Å². The first-order chi connectivity index (χ1) is 11.0. The second-order valence-corrected chi connectivity index (χ2v) is 5.43. The molecule has 2 N–H and O–H groups in total. The molecule has 0 aromatic heterocycles. The average Bonchev–Trinajstić information content (AvgIpc) is 2.53. The number of methoxy groups -OCH3 is 1. The lowest BCUT2D eigenvalue weighted by molar-refractivity contribution is -0.433. The number of nitro groups is 1. The van der Waals surface area contributed by atoms with Crippen molar-refractivity contribution in [3.8, 4) is 5.75 Å². The summed E-state index contributed by atoms with van der Waals surface area (Å²) >= 11 is 0. The minimum absolute atomic E-state index is 0.126. The van der Waals surface area contributed by atoms with Crippen LogP contribution in [0.4, 0.5) is 0 Å². The molecular weight excluding hydrogens is 300 g/mol. The van der Waals surface area contributed by atoms with Crippen molar-refractivity contribution in [1.29, 1.82) is 0 Å². The molecule has 7 nitrogen and oxygen atoms in total. The number of carbonyl (C=O) groups is 1. The van der Waals surface area contributed by atoms with E-state index >= 15 is 0 Å². The third kappa shape index (κ3) is 2.54. The second-order valence-electron chi connectivity index (χ2n) is 5.43. The van der Waals surface area contributed by atoms with E-state index in [1.165, 1.54) is 7.11 Å². The normalized spacial score (nSPS) is 20.9. The maximum absolute atomic E-state index is 12.4. The van der Waals surface area contributed by atoms with Crippen LogP contribution in [0, 0.1) is 10.1 Å². The summed E-state index contributed by atoms with van der Waals surface area (Å²) in [5, 5.41) is 11.5. The Kier molecular flexibility index (Phi) is 3.77. The highest BCUT2D eigenvalue weighted by molar-refractivity contribution is 5.99. The Labute approximate surface area is 132 Å². The van der Waals surface area contributed by atoms with Crippen LogP contribution in [-0.4, -0.2) is 17.8 Å². The zero-order valence-electron chi connectivity index (χ0n) is 12.6. The number of ether oxygens (including phenoxy) is 2. The first-order valence-corrected chi connectivity index (χ1v) is 7.25. The monoisotopic (exact) mass is 316 g/mol. The summed E-state index contributed by atoms with van der Waals surface area (Å²) < 4.78 is 10.5. The van der Waals surface area contributed by atoms with Crippen LogP contribution in [0.3, 0.4) is 0 Å². The van der Waals surface area contributed by atoms with Gasteiger partial charge in [0, 0.05) is 12.8 Å². The van der Waals surface area contributed by atoms with Crippen molar-refractivity contribution in [2.75, 3.05) is 7.11 Å². The lowest BCUT2D eigenvalue weighted by Crippen LogP contribution is -2.30. The van der Waals surface area contributed by atoms with Crippen molar-refractivity contribution in [3.63, 3.8) is 0 Å². The van der Waals surface area contributed by atoms with E-state index in [9.17, 15) is 14.9 Å². The minimum Gasteiger partial charge on any atom is -0.497 e. The van der Waals surface area contributed by atoms with Gasteiger partial charge < -0.3 is 15.2 Å². The van der Waals surface area contributed by atoms with E-state index < -0.39 is 10.8 Å². The van der Waals surface area contributed by atoms with Crippen molar-refractivity contribution in [3.05, 3.63) is 62.9 Å². The first kappa shape index (κ1) is 15.1. The Balaban J connectivity index is 2.15. The van der Waals surface area contributed by atoms with Crippen molar-refractivity contribution < 1.29 is 19.2 Å². The first-order valence-electron chi connectivity index (χ1n) is 7.25. The highest BCUT2D eigenvalue weighted by atomic mass is 16.6. The molecule has 1 aromatic carbocycles. The van der Waals surface area contributed by atoms with Gasteiger partial charge in [-0.05, 0) is 24.1 Å². The Morgan fingerprint density at radius 1 is 1.30 bits per heavy atom. The molecule has 1 aromatic rings. The van der Waals surface area contributed by atoms with Gasteiger partial charge in [-0.2, -0.15) is 0 Å². The van der Waals surface area contributed by atoms with Crippen LogP contribution in [-0.2, 0) is 9.53 Å². The van der Waals surface area contributed by atoms with Crippen LogP contribution in [0.5, 0.6) is 5.75 Å². The van der Waals surface area contributed by atoms with E-state index in [4.69, 9.17) is 15.2 Å². The van der Waals surface area contributed by atoms with Crippen molar-refractivity contribution in [1.82, 2.24) is 0 Å². The highest BCUT2D eigenvalue weighted by Crippen LogP contribution is 2.43. The van der Waals surface area contributed by atoms with Crippen LogP contribution in [0.2, 0.25) is 0 Å². The second kappa shape index (κ2) is 5.75. The fraction of sp³-hybridized carbons (Fsp3) is 0.312. The fourth-order valence-electron chi connectivity index (χ4n) is 3.04. The van der Waals surface area contributed by atoms with Gasteiger partial charge in [-0.1, -0.05) is 12.1 Å². The topological polar surface area (TPSA) is 105 Å². The molecule has 1 aliphatic carbocycles. The number of rotatable bonds is 3. The van der Waals surface area contributed by atoms with Gasteiger partial charge in [0.15, 0.2) is 5.78 Å². The zero-order valence-corrected chi connectivity index (χ0v) is 12.6. The number of nitrogens with two attached hydrogens (primary N) is 1. The summed E-state index contributed by atoms with van der Waals surface area (Å²) in [7, 11) is 1.54. The molecule has 0 amide bonds. The number of hydrogen-bond acceptors (Lipinski definition) is 6. The molecule has 1 aliphatic heterocycles. The van der Waals surface area contributed by atoms with E-state index in [1.807, 2.05) is 0 Å².